The Labute approximate surface area is 78.4 Å². The minimum atomic E-state index is 0.0702. The van der Waals surface area contributed by atoms with Crippen molar-refractivity contribution in [2.45, 2.75) is 19.9 Å². The van der Waals surface area contributed by atoms with E-state index >= 15 is 0 Å². The van der Waals surface area contributed by atoms with Gasteiger partial charge in [0.15, 0.2) is 0 Å². The Balaban J connectivity index is 2.37. The molecule has 1 aromatic rings. The van der Waals surface area contributed by atoms with Crippen LogP contribution in [-0.2, 0) is 6.54 Å². The molecular formula is C10H16N2O. The molecule has 3 heteroatoms. The molecule has 0 fully saturated rings. The van der Waals surface area contributed by atoms with Gasteiger partial charge in [-0.2, -0.15) is 0 Å². The number of pyridine rings is 1. The fourth-order valence-corrected chi connectivity index (χ4v) is 1.15. The predicted molar refractivity (Wildman–Crippen MR) is 53.9 cm³/mol. The van der Waals surface area contributed by atoms with Gasteiger partial charge in [-0.05, 0) is 19.0 Å². The molecule has 1 N–H and O–H groups in total. The average molecular weight is 180 g/mol. The molecule has 0 saturated heterocycles. The summed E-state index contributed by atoms with van der Waals surface area (Å²) in [6.07, 6.45) is 2.94. The molecule has 13 heavy (non-hydrogen) atoms. The molecule has 1 rings (SSSR count). The zero-order valence-corrected chi connectivity index (χ0v) is 7.99. The van der Waals surface area contributed by atoms with Crippen LogP contribution >= 0.6 is 0 Å². The van der Waals surface area contributed by atoms with Crippen molar-refractivity contribution in [1.29, 1.82) is 0 Å². The Kier molecular flexibility index (Phi) is 4.26. The van der Waals surface area contributed by atoms with E-state index in [4.69, 9.17) is 0 Å². The van der Waals surface area contributed by atoms with Gasteiger partial charge in [0.2, 0.25) is 0 Å². The highest BCUT2D eigenvalue weighted by Gasteiger charge is 1.91. The summed E-state index contributed by atoms with van der Waals surface area (Å²) in [5, 5.41) is 3.25. The Morgan fingerprint density at radius 1 is 1.38 bits per heavy atom. The van der Waals surface area contributed by atoms with Crippen LogP contribution in [0.1, 0.15) is 13.3 Å². The maximum Gasteiger partial charge on any atom is 0.250 e. The number of nitrogens with zero attached hydrogens (tertiary/aromatic N) is 1. The monoisotopic (exact) mass is 180 g/mol. The second-order valence-electron chi connectivity index (χ2n) is 2.98. The van der Waals surface area contributed by atoms with E-state index in [1.165, 1.54) is 0 Å². The summed E-state index contributed by atoms with van der Waals surface area (Å²) >= 11 is 0. The molecule has 0 aromatic carbocycles. The number of hydrogen-bond acceptors (Lipinski definition) is 2. The molecule has 0 bridgehead atoms. The van der Waals surface area contributed by atoms with Crippen LogP contribution in [0.4, 0.5) is 0 Å². The van der Waals surface area contributed by atoms with Crippen molar-refractivity contribution in [2.75, 3.05) is 13.1 Å². The molecule has 0 radical (unpaired) electrons. The molecule has 0 saturated carbocycles. The number of rotatable bonds is 5. The summed E-state index contributed by atoms with van der Waals surface area (Å²) in [5.74, 6) is 0. The molecule has 0 amide bonds. The predicted octanol–water partition coefficient (Wildman–Crippen LogP) is 0.848. The molecule has 1 aromatic heterocycles. The molecular weight excluding hydrogens is 164 g/mol. The van der Waals surface area contributed by atoms with E-state index in [1.54, 1.807) is 16.7 Å². The second kappa shape index (κ2) is 5.54. The highest BCUT2D eigenvalue weighted by atomic mass is 16.1. The van der Waals surface area contributed by atoms with E-state index in [0.717, 1.165) is 26.1 Å². The van der Waals surface area contributed by atoms with Gasteiger partial charge in [-0.1, -0.05) is 13.0 Å². The van der Waals surface area contributed by atoms with E-state index in [1.807, 2.05) is 12.3 Å². The summed E-state index contributed by atoms with van der Waals surface area (Å²) in [6, 6.07) is 5.22. The number of hydrogen-bond donors (Lipinski definition) is 1. The van der Waals surface area contributed by atoms with Crippen molar-refractivity contribution in [1.82, 2.24) is 9.88 Å². The minimum Gasteiger partial charge on any atom is -0.315 e. The number of nitrogens with one attached hydrogen (secondary N) is 1. The molecule has 0 aliphatic carbocycles. The quantitative estimate of drug-likeness (QED) is 0.681. The van der Waals surface area contributed by atoms with Gasteiger partial charge in [0.1, 0.15) is 0 Å². The van der Waals surface area contributed by atoms with E-state index in [-0.39, 0.29) is 5.56 Å². The van der Waals surface area contributed by atoms with Crippen LogP contribution in [0.5, 0.6) is 0 Å². The highest BCUT2D eigenvalue weighted by molar-refractivity contribution is 4.93. The van der Waals surface area contributed by atoms with E-state index in [2.05, 4.69) is 12.2 Å². The zero-order chi connectivity index (χ0) is 9.52. The lowest BCUT2D eigenvalue weighted by Gasteiger charge is -2.05. The van der Waals surface area contributed by atoms with Crippen molar-refractivity contribution in [3.63, 3.8) is 0 Å². The minimum absolute atomic E-state index is 0.0702. The molecule has 0 unspecified atom stereocenters. The van der Waals surface area contributed by atoms with Crippen molar-refractivity contribution in [3.05, 3.63) is 34.7 Å². The first-order chi connectivity index (χ1) is 6.34. The molecule has 1 heterocycles. The van der Waals surface area contributed by atoms with Crippen LogP contribution in [0.3, 0.4) is 0 Å². The van der Waals surface area contributed by atoms with Crippen LogP contribution in [-0.4, -0.2) is 17.7 Å². The van der Waals surface area contributed by atoms with Gasteiger partial charge in [-0.25, -0.2) is 0 Å². The third-order valence-corrected chi connectivity index (χ3v) is 1.86. The Morgan fingerprint density at radius 2 is 2.23 bits per heavy atom. The van der Waals surface area contributed by atoms with Crippen molar-refractivity contribution in [2.24, 2.45) is 0 Å². The topological polar surface area (TPSA) is 34.0 Å². The summed E-state index contributed by atoms with van der Waals surface area (Å²) in [5.41, 5.74) is 0.0702. The highest BCUT2D eigenvalue weighted by Crippen LogP contribution is 1.80. The lowest BCUT2D eigenvalue weighted by atomic mass is 10.4. The van der Waals surface area contributed by atoms with Crippen molar-refractivity contribution < 1.29 is 0 Å². The van der Waals surface area contributed by atoms with Crippen molar-refractivity contribution in [3.8, 4) is 0 Å². The fourth-order valence-electron chi connectivity index (χ4n) is 1.15. The summed E-state index contributed by atoms with van der Waals surface area (Å²) in [7, 11) is 0. The first kappa shape index (κ1) is 9.99. The first-order valence-corrected chi connectivity index (χ1v) is 4.71. The molecule has 0 spiro atoms. The number of aromatic nitrogens is 1. The SMILES string of the molecule is CCCNCCn1ccccc1=O. The summed E-state index contributed by atoms with van der Waals surface area (Å²) in [6.45, 7) is 4.75. The Bertz CT molecular complexity index is 293. The Morgan fingerprint density at radius 3 is 2.92 bits per heavy atom. The van der Waals surface area contributed by atoms with E-state index in [9.17, 15) is 4.79 Å². The van der Waals surface area contributed by atoms with Crippen LogP contribution in [0.15, 0.2) is 29.2 Å². The van der Waals surface area contributed by atoms with Crippen LogP contribution in [0, 0.1) is 0 Å². The molecule has 0 aliphatic heterocycles. The van der Waals surface area contributed by atoms with Gasteiger partial charge in [0.25, 0.3) is 5.56 Å². The normalized spacial score (nSPS) is 10.2. The smallest absolute Gasteiger partial charge is 0.250 e. The summed E-state index contributed by atoms with van der Waals surface area (Å²) in [4.78, 5) is 11.2. The van der Waals surface area contributed by atoms with Crippen LogP contribution in [0.25, 0.3) is 0 Å². The van der Waals surface area contributed by atoms with Gasteiger partial charge in [0.05, 0.1) is 0 Å². The van der Waals surface area contributed by atoms with Crippen LogP contribution < -0.4 is 10.9 Å². The standard InChI is InChI=1S/C10H16N2O/c1-2-6-11-7-9-12-8-4-3-5-10(12)13/h3-5,8,11H,2,6-7,9H2,1H3. The third-order valence-electron chi connectivity index (χ3n) is 1.86. The molecule has 72 valence electrons. The molecule has 3 nitrogen and oxygen atoms in total. The van der Waals surface area contributed by atoms with Gasteiger partial charge < -0.3 is 9.88 Å². The Hall–Kier alpha value is -1.09. The first-order valence-electron chi connectivity index (χ1n) is 4.71. The third kappa shape index (κ3) is 3.42. The van der Waals surface area contributed by atoms with E-state index < -0.39 is 0 Å². The van der Waals surface area contributed by atoms with Crippen LogP contribution in [0.2, 0.25) is 0 Å². The average Bonchev–Trinajstić information content (AvgIpc) is 2.15. The van der Waals surface area contributed by atoms with Gasteiger partial charge in [-0.15, -0.1) is 0 Å². The van der Waals surface area contributed by atoms with Gasteiger partial charge >= 0.3 is 0 Å². The van der Waals surface area contributed by atoms with Gasteiger partial charge in [-0.3, -0.25) is 4.79 Å². The van der Waals surface area contributed by atoms with E-state index in [0.29, 0.717) is 0 Å². The largest absolute Gasteiger partial charge is 0.315 e. The lowest BCUT2D eigenvalue weighted by Crippen LogP contribution is -2.26. The molecule has 0 aliphatic rings. The maximum absolute atomic E-state index is 11.2. The summed E-state index contributed by atoms with van der Waals surface area (Å²) < 4.78 is 1.71. The molecule has 0 atom stereocenters. The second-order valence-corrected chi connectivity index (χ2v) is 2.98. The fraction of sp³-hybridized carbons (Fsp3) is 0.500. The van der Waals surface area contributed by atoms with Crippen molar-refractivity contribution >= 4 is 0 Å². The van der Waals surface area contributed by atoms with Gasteiger partial charge in [0, 0.05) is 25.4 Å². The maximum atomic E-state index is 11.2. The zero-order valence-electron chi connectivity index (χ0n) is 7.99. The lowest BCUT2D eigenvalue weighted by molar-refractivity contribution is 0.582.